The van der Waals surface area contributed by atoms with Gasteiger partial charge in [0.1, 0.15) is 92.7 Å². The van der Waals surface area contributed by atoms with E-state index in [0.717, 1.165) is 53.3 Å². The molecule has 0 atom stereocenters. The van der Waals surface area contributed by atoms with E-state index in [9.17, 15) is 5.26 Å². The summed E-state index contributed by atoms with van der Waals surface area (Å²) in [5, 5.41) is 53.0. The number of rotatable bonds is 24. The van der Waals surface area contributed by atoms with E-state index in [2.05, 4.69) is 467 Å². The first-order valence-corrected chi connectivity index (χ1v) is 47.7. The normalized spacial score (nSPS) is 10.7. The zero-order valence-corrected chi connectivity index (χ0v) is 73.0. The van der Waals surface area contributed by atoms with Gasteiger partial charge in [-0.3, -0.25) is 0 Å². The van der Waals surface area contributed by atoms with Crippen molar-refractivity contribution in [2.45, 2.75) is 57.3 Å². The van der Waals surface area contributed by atoms with Gasteiger partial charge in [0.15, 0.2) is 0 Å². The van der Waals surface area contributed by atoms with Crippen LogP contribution in [-0.4, -0.2) is 0 Å². The molecule has 0 aliphatic rings. The molecule has 590 valence electrons. The fourth-order valence-electron chi connectivity index (χ4n) is 16.0. The summed E-state index contributed by atoms with van der Waals surface area (Å²) in [5.74, 6) is 0. The lowest BCUT2D eigenvalue weighted by Crippen LogP contribution is -3.00. The van der Waals surface area contributed by atoms with E-state index in [1.165, 1.54) is 91.5 Å². The van der Waals surface area contributed by atoms with Crippen LogP contribution in [0.15, 0.2) is 455 Å². The molecule has 0 aliphatic carbocycles. The van der Waals surface area contributed by atoms with Crippen LogP contribution in [0.3, 0.4) is 0 Å². The van der Waals surface area contributed by atoms with E-state index in [1.54, 1.807) is 0 Å². The Balaban J connectivity index is 0.000000167. The molecule has 11 heteroatoms. The van der Waals surface area contributed by atoms with Gasteiger partial charge in [0.25, 0.3) is 0 Å². The predicted molar refractivity (Wildman–Crippen MR) is 503 cm³/mol. The van der Waals surface area contributed by atoms with E-state index >= 15 is 0 Å². The Labute approximate surface area is 731 Å². The van der Waals surface area contributed by atoms with Crippen LogP contribution in [0.25, 0.3) is 0 Å². The van der Waals surface area contributed by atoms with Crippen molar-refractivity contribution in [1.29, 1.82) is 21.0 Å². The van der Waals surface area contributed by atoms with Gasteiger partial charge in [0, 0.05) is 6.42 Å². The van der Waals surface area contributed by atoms with Gasteiger partial charge in [-0.05, 0) is 210 Å². The molecule has 0 aromatic heterocycles. The van der Waals surface area contributed by atoms with Crippen LogP contribution in [0.1, 0.15) is 56.5 Å². The molecule has 0 amide bonds. The lowest BCUT2D eigenvalue weighted by Gasteiger charge is -2.28. The van der Waals surface area contributed by atoms with Crippen molar-refractivity contribution in [3.05, 3.63) is 505 Å². The highest BCUT2D eigenvalue weighted by molar-refractivity contribution is 7.96. The first-order chi connectivity index (χ1) is 57.7. The molecule has 0 aliphatic heterocycles. The molecule has 0 saturated carbocycles. The zero-order valence-electron chi connectivity index (χ0n) is 67.2. The van der Waals surface area contributed by atoms with Gasteiger partial charge in [0.2, 0.25) is 0 Å². The fraction of sp³-hybridized carbons (Fsp3) is 0.0826. The molecule has 120 heavy (non-hydrogen) atoms. The van der Waals surface area contributed by atoms with Crippen LogP contribution in [0.4, 0.5) is 0 Å². The standard InChI is InChI=1S/C28H25NP.3C27H23NP.3ClH/c29-21-11-14-24-12-10-13-25(22-24)23-30(26-15-4-1-5-16-26,27-17-6-2-7-18-27)28-19-8-3-9-20-28;1-22-19-23(17-18-24(22)20-28)21-29(25-11-5-2-6-12-25,26-13-7-3-8-14-26)27-15-9-4-10-16-27;28-20-19-23-11-10-12-24(21-23)22-29(25-13-4-1-5-14-25,26-15-6-2-7-16-26)27-17-8-3-9-18-27;28-21-20-23-16-18-24(19-17-23)22-29(25-10-4-1-5-11-25,26-12-6-2-7-13-26)27-14-8-3-9-15-27;;;/h1-10,12-13,15-20,22H,11,14,23H2;2-19H,21H2,1H3;1-18,21H,19,22H2;1-19H,20,22H2;3*1H/q4*+1;;;/p-3. The smallest absolute Gasteiger partial charge is 0.116 e. The Hall–Kier alpha value is -11.9. The van der Waals surface area contributed by atoms with Crippen molar-refractivity contribution >= 4 is 92.7 Å². The summed E-state index contributed by atoms with van der Waals surface area (Å²) in [5.41, 5.74) is 10.4. The molecule has 16 aromatic rings. The van der Waals surface area contributed by atoms with E-state index in [4.69, 9.17) is 15.8 Å². The maximum atomic E-state index is 9.33. The third-order valence-corrected chi connectivity index (χ3v) is 39.1. The fourth-order valence-corrected chi connectivity index (χ4v) is 32.9. The minimum Gasteiger partial charge on any atom is -1.00 e. The van der Waals surface area contributed by atoms with Crippen LogP contribution in [0.5, 0.6) is 0 Å². The molecule has 0 N–H and O–H groups in total. The Morgan fingerprint density at radius 2 is 0.408 bits per heavy atom. The van der Waals surface area contributed by atoms with Crippen molar-refractivity contribution in [1.82, 2.24) is 0 Å². The zero-order chi connectivity index (χ0) is 80.6. The number of benzene rings is 16. The molecule has 0 radical (unpaired) electrons. The maximum absolute atomic E-state index is 9.33. The summed E-state index contributed by atoms with van der Waals surface area (Å²) in [6, 6.07) is 172. The Morgan fingerprint density at radius 1 is 0.200 bits per heavy atom. The van der Waals surface area contributed by atoms with Gasteiger partial charge in [-0.2, -0.15) is 21.0 Å². The molecule has 16 aromatic carbocycles. The summed E-state index contributed by atoms with van der Waals surface area (Å²) < 4.78 is 0. The van der Waals surface area contributed by atoms with Gasteiger partial charge in [0.05, 0.1) is 67.3 Å². The van der Waals surface area contributed by atoms with Crippen molar-refractivity contribution in [2.24, 2.45) is 0 Å². The van der Waals surface area contributed by atoms with E-state index in [1.807, 2.05) is 19.1 Å². The highest BCUT2D eigenvalue weighted by atomic mass is 35.5. The van der Waals surface area contributed by atoms with Crippen LogP contribution in [-0.2, 0) is 43.9 Å². The van der Waals surface area contributed by atoms with Crippen LogP contribution >= 0.6 is 29.0 Å². The highest BCUT2D eigenvalue weighted by Gasteiger charge is 2.49. The number of nitriles is 4. The second kappa shape index (κ2) is 45.9. The Bertz CT molecular complexity index is 5540. The molecule has 4 nitrogen and oxygen atoms in total. The third-order valence-electron chi connectivity index (χ3n) is 21.6. The quantitative estimate of drug-likeness (QED) is 0.0563. The molecule has 0 bridgehead atoms. The SMILES string of the molecule is Cc1cc(C[P+](c2ccccc2)(c2ccccc2)c2ccccc2)ccc1C#N.N#CCCc1cccc(C[P+](c2ccccc2)(c2ccccc2)c2ccccc2)c1.N#CCc1ccc(C[P+](c2ccccc2)(c2ccccc2)c2ccccc2)cc1.N#CCc1cccc(C[P+](c2ccccc2)(c2ccccc2)c2ccccc2)c1.[Cl-].[Cl-].[Cl-]. The lowest BCUT2D eigenvalue weighted by molar-refractivity contribution is -0.00100. The summed E-state index contributed by atoms with van der Waals surface area (Å²) in [7, 11) is -7.55. The summed E-state index contributed by atoms with van der Waals surface area (Å²) in [6.07, 6.45) is 6.04. The summed E-state index contributed by atoms with van der Waals surface area (Å²) in [4.78, 5) is 0. The average molecular weight is 1690 g/mol. The summed E-state index contributed by atoms with van der Waals surface area (Å²) >= 11 is 0. The first-order valence-electron chi connectivity index (χ1n) is 39.8. The van der Waals surface area contributed by atoms with Gasteiger partial charge in [-0.15, -0.1) is 0 Å². The molecule has 0 heterocycles. The Kier molecular flexibility index (Phi) is 34.5. The highest BCUT2D eigenvalue weighted by Crippen LogP contribution is 2.62. The average Bonchev–Trinajstić information content (AvgIpc) is 0.764. The number of nitrogens with zero attached hydrogens (tertiary/aromatic N) is 4. The molecular weight excluding hydrogens is 1600 g/mol. The van der Waals surface area contributed by atoms with Crippen molar-refractivity contribution in [2.75, 3.05) is 0 Å². The number of hydrogen-bond donors (Lipinski definition) is 0. The van der Waals surface area contributed by atoms with Crippen LogP contribution in [0, 0.1) is 52.2 Å². The minimum atomic E-state index is -1.90. The second-order valence-corrected chi connectivity index (χ2v) is 42.9. The van der Waals surface area contributed by atoms with E-state index < -0.39 is 29.0 Å². The topological polar surface area (TPSA) is 95.2 Å². The number of hydrogen-bond acceptors (Lipinski definition) is 4. The maximum Gasteiger partial charge on any atom is 0.116 e. The third kappa shape index (κ3) is 21.9. The van der Waals surface area contributed by atoms with Crippen LogP contribution < -0.4 is 101 Å². The van der Waals surface area contributed by atoms with Gasteiger partial charge < -0.3 is 37.2 Å². The van der Waals surface area contributed by atoms with Gasteiger partial charge in [-0.25, -0.2) is 0 Å². The van der Waals surface area contributed by atoms with E-state index in [0.29, 0.717) is 19.3 Å². The van der Waals surface area contributed by atoms with E-state index in [-0.39, 0.29) is 37.2 Å². The lowest BCUT2D eigenvalue weighted by atomic mass is 10.1. The first kappa shape index (κ1) is 90.4. The molecular formula is C109H94Cl3N4P4+. The monoisotopic (exact) mass is 1690 g/mol. The Morgan fingerprint density at radius 3 is 0.650 bits per heavy atom. The van der Waals surface area contributed by atoms with Crippen molar-refractivity contribution < 1.29 is 37.2 Å². The van der Waals surface area contributed by atoms with Crippen molar-refractivity contribution in [3.8, 4) is 24.3 Å². The molecule has 0 fully saturated rings. The molecule has 16 rings (SSSR count). The van der Waals surface area contributed by atoms with Gasteiger partial charge in [-0.1, -0.05) is 303 Å². The number of halogens is 3. The minimum absolute atomic E-state index is 0. The molecule has 0 saturated heterocycles. The number of aryl methyl sites for hydroxylation is 2. The van der Waals surface area contributed by atoms with Crippen molar-refractivity contribution in [3.63, 3.8) is 0 Å². The van der Waals surface area contributed by atoms with Gasteiger partial charge >= 0.3 is 0 Å². The second-order valence-electron chi connectivity index (χ2n) is 28.9. The summed E-state index contributed by atoms with van der Waals surface area (Å²) in [6.45, 7) is 2.02. The predicted octanol–water partition coefficient (Wildman–Crippen LogP) is 12.5. The van der Waals surface area contributed by atoms with Crippen LogP contribution in [0.2, 0.25) is 0 Å². The largest absolute Gasteiger partial charge is 1.00 e. The molecule has 0 spiro atoms. The molecule has 0 unspecified atom stereocenters.